The molecule has 0 aromatic heterocycles. The van der Waals surface area contributed by atoms with Gasteiger partial charge in [-0.1, -0.05) is 30.3 Å². The molecule has 0 saturated carbocycles. The molecule has 120 valence electrons. The minimum absolute atomic E-state index is 0.0157. The summed E-state index contributed by atoms with van der Waals surface area (Å²) in [5, 5.41) is 2.65. The van der Waals surface area contributed by atoms with Gasteiger partial charge in [0.1, 0.15) is 6.29 Å². The molecule has 2 atom stereocenters. The first-order chi connectivity index (χ1) is 10.5. The molecule has 7 nitrogen and oxygen atoms in total. The second-order valence-corrected chi connectivity index (χ2v) is 5.00. The van der Waals surface area contributed by atoms with Crippen LogP contribution in [0.1, 0.15) is 18.4 Å². The van der Waals surface area contributed by atoms with E-state index in [0.717, 1.165) is 11.8 Å². The molecule has 1 rings (SSSR count). The Morgan fingerprint density at radius 2 is 1.95 bits per heavy atom. The molecule has 7 N–H and O–H groups in total. The van der Waals surface area contributed by atoms with Gasteiger partial charge in [-0.15, -0.1) is 0 Å². The van der Waals surface area contributed by atoms with Gasteiger partial charge in [0.2, 0.25) is 5.91 Å². The van der Waals surface area contributed by atoms with E-state index in [0.29, 0.717) is 25.8 Å². The lowest BCUT2D eigenvalue weighted by Gasteiger charge is -2.16. The standard InChI is InChI=1S/C15H23N5O2/c16-13(7-4-8-19-15(17)18)14(22)20-12(10-21)9-11-5-2-1-3-6-11/h1-3,5-6,10,12-13H,4,7-9,16H2,(H,20,22)(H4,17,18,19)/t12-,13-/m0/s1. The lowest BCUT2D eigenvalue weighted by Crippen LogP contribution is -2.46. The summed E-state index contributed by atoms with van der Waals surface area (Å²) in [5.74, 6) is -0.334. The van der Waals surface area contributed by atoms with Crippen LogP contribution < -0.4 is 22.5 Å². The third-order valence-corrected chi connectivity index (χ3v) is 3.09. The molecule has 0 aliphatic heterocycles. The predicted octanol–water partition coefficient (Wildman–Crippen LogP) is -0.706. The minimum Gasteiger partial charge on any atom is -0.370 e. The molecule has 1 aromatic carbocycles. The Balaban J connectivity index is 2.40. The van der Waals surface area contributed by atoms with Gasteiger partial charge in [-0.3, -0.25) is 9.79 Å². The smallest absolute Gasteiger partial charge is 0.237 e. The number of hydrogen-bond acceptors (Lipinski definition) is 4. The number of nitrogens with one attached hydrogen (secondary N) is 1. The van der Waals surface area contributed by atoms with Crippen molar-refractivity contribution in [2.75, 3.05) is 6.54 Å². The average Bonchev–Trinajstić information content (AvgIpc) is 2.51. The lowest BCUT2D eigenvalue weighted by molar-refractivity contribution is -0.125. The van der Waals surface area contributed by atoms with Gasteiger partial charge in [-0.2, -0.15) is 0 Å². The Kier molecular flexibility index (Phi) is 7.63. The van der Waals surface area contributed by atoms with Crippen molar-refractivity contribution in [2.24, 2.45) is 22.2 Å². The summed E-state index contributed by atoms with van der Waals surface area (Å²) in [6.45, 7) is 0.421. The zero-order valence-electron chi connectivity index (χ0n) is 12.4. The molecule has 7 heteroatoms. The van der Waals surface area contributed by atoms with Gasteiger partial charge in [-0.25, -0.2) is 0 Å². The molecule has 0 fully saturated rings. The molecular weight excluding hydrogens is 282 g/mol. The van der Waals surface area contributed by atoms with E-state index < -0.39 is 12.1 Å². The number of benzene rings is 1. The number of nitrogens with two attached hydrogens (primary N) is 3. The first kappa shape index (κ1) is 17.6. The number of carbonyl (C=O) groups is 2. The number of hydrogen-bond donors (Lipinski definition) is 4. The van der Waals surface area contributed by atoms with Crippen LogP contribution in [0, 0.1) is 0 Å². The van der Waals surface area contributed by atoms with Gasteiger partial charge in [-0.05, 0) is 24.8 Å². The van der Waals surface area contributed by atoms with Crippen molar-refractivity contribution >= 4 is 18.2 Å². The Labute approximate surface area is 130 Å². The lowest BCUT2D eigenvalue weighted by atomic mass is 10.1. The number of aliphatic imine (C=N–C) groups is 1. The van der Waals surface area contributed by atoms with Crippen LogP contribution in [0.25, 0.3) is 0 Å². The first-order valence-corrected chi connectivity index (χ1v) is 7.13. The summed E-state index contributed by atoms with van der Waals surface area (Å²) in [5.41, 5.74) is 17.2. The third-order valence-electron chi connectivity index (χ3n) is 3.09. The van der Waals surface area contributed by atoms with Crippen LogP contribution in [0.3, 0.4) is 0 Å². The van der Waals surface area contributed by atoms with E-state index in [4.69, 9.17) is 17.2 Å². The van der Waals surface area contributed by atoms with Crippen molar-refractivity contribution < 1.29 is 9.59 Å². The van der Waals surface area contributed by atoms with E-state index in [1.807, 2.05) is 30.3 Å². The second kappa shape index (κ2) is 9.51. The summed E-state index contributed by atoms with van der Waals surface area (Å²) in [7, 11) is 0. The van der Waals surface area contributed by atoms with Crippen molar-refractivity contribution in [1.29, 1.82) is 0 Å². The monoisotopic (exact) mass is 305 g/mol. The van der Waals surface area contributed by atoms with Gasteiger partial charge in [0, 0.05) is 6.54 Å². The summed E-state index contributed by atoms with van der Waals surface area (Å²) in [6.07, 6.45) is 2.20. The summed E-state index contributed by atoms with van der Waals surface area (Å²) < 4.78 is 0. The Morgan fingerprint density at radius 3 is 2.55 bits per heavy atom. The van der Waals surface area contributed by atoms with E-state index in [-0.39, 0.29) is 11.9 Å². The highest BCUT2D eigenvalue weighted by atomic mass is 16.2. The summed E-state index contributed by atoms with van der Waals surface area (Å²) in [4.78, 5) is 26.9. The molecule has 0 aliphatic carbocycles. The van der Waals surface area contributed by atoms with Crippen LogP contribution >= 0.6 is 0 Å². The van der Waals surface area contributed by atoms with Gasteiger partial charge >= 0.3 is 0 Å². The maximum atomic E-state index is 12.0. The number of aldehydes is 1. The third kappa shape index (κ3) is 6.85. The Hall–Kier alpha value is -2.41. The quantitative estimate of drug-likeness (QED) is 0.207. The van der Waals surface area contributed by atoms with E-state index in [9.17, 15) is 9.59 Å². The van der Waals surface area contributed by atoms with Crippen molar-refractivity contribution in [1.82, 2.24) is 5.32 Å². The molecule has 0 heterocycles. The van der Waals surface area contributed by atoms with Gasteiger partial charge in [0.05, 0.1) is 12.1 Å². The molecule has 0 saturated heterocycles. The number of guanidine groups is 1. The fraction of sp³-hybridized carbons (Fsp3) is 0.400. The molecule has 1 aromatic rings. The Morgan fingerprint density at radius 1 is 1.27 bits per heavy atom. The maximum absolute atomic E-state index is 12.0. The van der Waals surface area contributed by atoms with E-state index in [1.54, 1.807) is 0 Å². The average molecular weight is 305 g/mol. The molecule has 22 heavy (non-hydrogen) atoms. The fourth-order valence-electron chi connectivity index (χ4n) is 1.94. The molecule has 0 spiro atoms. The number of rotatable bonds is 9. The van der Waals surface area contributed by atoms with Crippen molar-refractivity contribution in [2.45, 2.75) is 31.3 Å². The molecular formula is C15H23N5O2. The van der Waals surface area contributed by atoms with Crippen LogP contribution in [0.5, 0.6) is 0 Å². The van der Waals surface area contributed by atoms with E-state index in [1.165, 1.54) is 0 Å². The number of amides is 1. The maximum Gasteiger partial charge on any atom is 0.237 e. The van der Waals surface area contributed by atoms with Crippen LogP contribution in [-0.4, -0.2) is 36.8 Å². The molecule has 0 aliphatic rings. The summed E-state index contributed by atoms with van der Waals surface area (Å²) in [6, 6.07) is 8.19. The molecule has 0 radical (unpaired) electrons. The molecule has 0 bridgehead atoms. The van der Waals surface area contributed by atoms with E-state index in [2.05, 4.69) is 10.3 Å². The first-order valence-electron chi connectivity index (χ1n) is 7.13. The molecule has 1 amide bonds. The fourth-order valence-corrected chi connectivity index (χ4v) is 1.94. The van der Waals surface area contributed by atoms with Crippen molar-refractivity contribution in [3.8, 4) is 0 Å². The topological polar surface area (TPSA) is 137 Å². The Bertz CT molecular complexity index is 500. The van der Waals surface area contributed by atoms with Crippen molar-refractivity contribution in [3.63, 3.8) is 0 Å². The van der Waals surface area contributed by atoms with Crippen molar-refractivity contribution in [3.05, 3.63) is 35.9 Å². The SMILES string of the molecule is NC(N)=NCCC[C@H](N)C(=O)N[C@H](C=O)Cc1ccccc1. The second-order valence-electron chi connectivity index (χ2n) is 5.00. The van der Waals surface area contributed by atoms with Gasteiger partial charge in [0.25, 0.3) is 0 Å². The zero-order valence-corrected chi connectivity index (χ0v) is 12.4. The zero-order chi connectivity index (χ0) is 16.4. The molecule has 0 unspecified atom stereocenters. The highest BCUT2D eigenvalue weighted by Crippen LogP contribution is 2.03. The van der Waals surface area contributed by atoms with Gasteiger partial charge < -0.3 is 27.3 Å². The predicted molar refractivity (Wildman–Crippen MR) is 86.0 cm³/mol. The van der Waals surface area contributed by atoms with E-state index >= 15 is 0 Å². The highest BCUT2D eigenvalue weighted by Gasteiger charge is 2.17. The van der Waals surface area contributed by atoms with Crippen LogP contribution in [0.4, 0.5) is 0 Å². The highest BCUT2D eigenvalue weighted by molar-refractivity contribution is 5.84. The minimum atomic E-state index is -0.688. The summed E-state index contributed by atoms with van der Waals surface area (Å²) >= 11 is 0. The normalized spacial score (nSPS) is 13.0. The van der Waals surface area contributed by atoms with Crippen LogP contribution in [0.2, 0.25) is 0 Å². The largest absolute Gasteiger partial charge is 0.370 e. The van der Waals surface area contributed by atoms with Crippen LogP contribution in [0.15, 0.2) is 35.3 Å². The number of nitrogens with zero attached hydrogens (tertiary/aromatic N) is 1. The van der Waals surface area contributed by atoms with Crippen LogP contribution in [-0.2, 0) is 16.0 Å². The van der Waals surface area contributed by atoms with Gasteiger partial charge in [0.15, 0.2) is 5.96 Å². The number of carbonyl (C=O) groups excluding carboxylic acids is 2.